The van der Waals surface area contributed by atoms with Crippen molar-refractivity contribution < 1.29 is 14.0 Å². The minimum absolute atomic E-state index is 0.0975. The van der Waals surface area contributed by atoms with Crippen LogP contribution < -0.4 is 10.6 Å². The van der Waals surface area contributed by atoms with Crippen molar-refractivity contribution in [3.05, 3.63) is 71.9 Å². The van der Waals surface area contributed by atoms with Crippen molar-refractivity contribution in [2.45, 2.75) is 26.2 Å². The van der Waals surface area contributed by atoms with Crippen LogP contribution in [0.4, 0.5) is 15.9 Å². The molecule has 30 heavy (non-hydrogen) atoms. The second-order valence-electron chi connectivity index (χ2n) is 6.87. The lowest BCUT2D eigenvalue weighted by molar-refractivity contribution is -0.118. The van der Waals surface area contributed by atoms with Crippen LogP contribution in [0.2, 0.25) is 0 Å². The summed E-state index contributed by atoms with van der Waals surface area (Å²) in [6, 6.07) is 11.5. The van der Waals surface area contributed by atoms with Crippen molar-refractivity contribution >= 4 is 23.2 Å². The van der Waals surface area contributed by atoms with Crippen LogP contribution in [0.1, 0.15) is 35.8 Å². The molecule has 6 nitrogen and oxygen atoms in total. The molecule has 1 aromatic carbocycles. The van der Waals surface area contributed by atoms with E-state index in [2.05, 4.69) is 9.97 Å². The summed E-state index contributed by atoms with van der Waals surface area (Å²) in [5, 5.41) is 0. The number of rotatable bonds is 7. The maximum Gasteiger partial charge on any atom is 0.226 e. The van der Waals surface area contributed by atoms with Crippen LogP contribution in [-0.4, -0.2) is 28.7 Å². The summed E-state index contributed by atoms with van der Waals surface area (Å²) in [4.78, 5) is 33.8. The van der Waals surface area contributed by atoms with Gasteiger partial charge in [0.05, 0.1) is 0 Å². The van der Waals surface area contributed by atoms with E-state index in [0.29, 0.717) is 41.2 Å². The molecule has 0 radical (unpaired) electrons. The van der Waals surface area contributed by atoms with Crippen molar-refractivity contribution in [1.82, 2.24) is 9.97 Å². The molecule has 2 N–H and O–H groups in total. The molecule has 0 atom stereocenters. The van der Waals surface area contributed by atoms with E-state index in [1.54, 1.807) is 50.5 Å². The van der Waals surface area contributed by atoms with Crippen molar-refractivity contribution in [1.29, 1.82) is 0 Å². The first-order valence-corrected chi connectivity index (χ1v) is 9.65. The maximum absolute atomic E-state index is 14.6. The molecule has 0 saturated heterocycles. The molecule has 2 aromatic heterocycles. The Kier molecular flexibility index (Phi) is 6.51. The van der Waals surface area contributed by atoms with Gasteiger partial charge in [-0.2, -0.15) is 0 Å². The first-order chi connectivity index (χ1) is 14.4. The number of benzene rings is 1. The standard InChI is InChI=1S/C23H23FN4O2/c1-3-22(30)28(2)17-8-9-18(19(24)13-17)16-6-10-20(27-14-16)21(29)11-7-15-5-4-12-26-23(15)25/h4-6,8-10,12-14H,3,7,11H2,1-2H3,(H2,25,26). The molecule has 0 aliphatic carbocycles. The van der Waals surface area contributed by atoms with Gasteiger partial charge in [-0.25, -0.2) is 9.37 Å². The fourth-order valence-corrected chi connectivity index (χ4v) is 3.08. The first-order valence-electron chi connectivity index (χ1n) is 9.65. The molecule has 0 bridgehead atoms. The monoisotopic (exact) mass is 406 g/mol. The summed E-state index contributed by atoms with van der Waals surface area (Å²) in [5.41, 5.74) is 8.32. The molecule has 3 aromatic rings. The van der Waals surface area contributed by atoms with Gasteiger partial charge >= 0.3 is 0 Å². The van der Waals surface area contributed by atoms with Gasteiger partial charge in [0.2, 0.25) is 5.91 Å². The lowest BCUT2D eigenvalue weighted by Crippen LogP contribution is -2.25. The lowest BCUT2D eigenvalue weighted by atomic mass is 10.0. The van der Waals surface area contributed by atoms with Gasteiger partial charge < -0.3 is 10.6 Å². The molecular weight excluding hydrogens is 383 g/mol. The first kappa shape index (κ1) is 21.1. The number of carbonyl (C=O) groups excluding carboxylic acids is 2. The minimum atomic E-state index is -0.462. The second-order valence-corrected chi connectivity index (χ2v) is 6.87. The van der Waals surface area contributed by atoms with Crippen LogP contribution in [0, 0.1) is 5.82 Å². The number of aryl methyl sites for hydroxylation is 1. The van der Waals surface area contributed by atoms with Crippen LogP contribution >= 0.6 is 0 Å². The number of nitrogens with zero attached hydrogens (tertiary/aromatic N) is 3. The third-order valence-electron chi connectivity index (χ3n) is 4.92. The highest BCUT2D eigenvalue weighted by Gasteiger charge is 2.14. The maximum atomic E-state index is 14.6. The van der Waals surface area contributed by atoms with Gasteiger partial charge in [0.1, 0.15) is 17.3 Å². The molecule has 2 heterocycles. The fourth-order valence-electron chi connectivity index (χ4n) is 3.08. The van der Waals surface area contributed by atoms with Crippen molar-refractivity contribution in [2.24, 2.45) is 0 Å². The average Bonchev–Trinajstić information content (AvgIpc) is 2.77. The molecule has 154 valence electrons. The molecule has 7 heteroatoms. The summed E-state index contributed by atoms with van der Waals surface area (Å²) in [6.07, 6.45) is 4.15. The van der Waals surface area contributed by atoms with Crippen molar-refractivity contribution in [3.63, 3.8) is 0 Å². The molecule has 0 saturated carbocycles. The van der Waals surface area contributed by atoms with Crippen molar-refractivity contribution in [2.75, 3.05) is 17.7 Å². The van der Waals surface area contributed by atoms with Crippen LogP contribution in [0.25, 0.3) is 11.1 Å². The number of carbonyl (C=O) groups is 2. The summed E-state index contributed by atoms with van der Waals surface area (Å²) < 4.78 is 14.6. The number of amides is 1. The Balaban J connectivity index is 1.71. The van der Waals surface area contributed by atoms with Gasteiger partial charge in [-0.05, 0) is 42.3 Å². The predicted octanol–water partition coefficient (Wildman–Crippen LogP) is 4.05. The second kappa shape index (κ2) is 9.26. The number of aromatic nitrogens is 2. The SMILES string of the molecule is CCC(=O)N(C)c1ccc(-c2ccc(C(=O)CCc3cccnc3N)nc2)c(F)c1. The summed E-state index contributed by atoms with van der Waals surface area (Å²) in [6.45, 7) is 1.75. The van der Waals surface area contributed by atoms with Gasteiger partial charge in [-0.1, -0.05) is 19.1 Å². The summed E-state index contributed by atoms with van der Waals surface area (Å²) in [7, 11) is 1.61. The van der Waals surface area contributed by atoms with E-state index in [4.69, 9.17) is 5.73 Å². The van der Waals surface area contributed by atoms with Gasteiger partial charge in [0.25, 0.3) is 0 Å². The zero-order valence-electron chi connectivity index (χ0n) is 16.9. The number of anilines is 2. The molecule has 0 unspecified atom stereocenters. The molecule has 0 spiro atoms. The van der Waals surface area contributed by atoms with E-state index in [1.165, 1.54) is 17.2 Å². The van der Waals surface area contributed by atoms with Crippen LogP contribution in [0.5, 0.6) is 0 Å². The van der Waals surface area contributed by atoms with E-state index in [-0.39, 0.29) is 18.1 Å². The van der Waals surface area contributed by atoms with Crippen LogP contribution in [0.15, 0.2) is 54.9 Å². The van der Waals surface area contributed by atoms with Gasteiger partial charge in [-0.3, -0.25) is 14.6 Å². The third kappa shape index (κ3) is 4.68. The average molecular weight is 406 g/mol. The zero-order valence-corrected chi connectivity index (χ0v) is 16.9. The number of hydrogen-bond acceptors (Lipinski definition) is 5. The van der Waals surface area contributed by atoms with Crippen LogP contribution in [0.3, 0.4) is 0 Å². The van der Waals surface area contributed by atoms with E-state index in [1.807, 2.05) is 6.07 Å². The molecule has 1 amide bonds. The van der Waals surface area contributed by atoms with Crippen LogP contribution in [-0.2, 0) is 11.2 Å². The number of hydrogen-bond donors (Lipinski definition) is 1. The third-order valence-corrected chi connectivity index (χ3v) is 4.92. The Hall–Kier alpha value is -3.61. The molecule has 3 rings (SSSR count). The highest BCUT2D eigenvalue weighted by Crippen LogP contribution is 2.26. The van der Waals surface area contributed by atoms with Gasteiger partial charge in [0.15, 0.2) is 5.78 Å². The highest BCUT2D eigenvalue weighted by atomic mass is 19.1. The summed E-state index contributed by atoms with van der Waals surface area (Å²) in [5.74, 6) is -0.268. The zero-order chi connectivity index (χ0) is 21.7. The number of nitrogen functional groups attached to an aromatic ring is 1. The lowest BCUT2D eigenvalue weighted by Gasteiger charge is -2.17. The topological polar surface area (TPSA) is 89.2 Å². The number of pyridine rings is 2. The Morgan fingerprint density at radius 2 is 1.93 bits per heavy atom. The fraction of sp³-hybridized carbons (Fsp3) is 0.217. The van der Waals surface area contributed by atoms with Gasteiger partial charge in [0, 0.05) is 49.1 Å². The number of halogens is 1. The molecule has 0 aliphatic heterocycles. The Bertz CT molecular complexity index is 1070. The number of Topliss-reactive ketones (excluding diaryl/α,β-unsaturated/α-hetero) is 1. The van der Waals surface area contributed by atoms with Gasteiger partial charge in [-0.15, -0.1) is 0 Å². The normalized spacial score (nSPS) is 10.6. The molecule has 0 fully saturated rings. The molecule has 0 aliphatic rings. The Labute approximate surface area is 174 Å². The predicted molar refractivity (Wildman–Crippen MR) is 115 cm³/mol. The van der Waals surface area contributed by atoms with E-state index < -0.39 is 5.82 Å². The highest BCUT2D eigenvalue weighted by molar-refractivity contribution is 5.95. The van der Waals surface area contributed by atoms with E-state index in [0.717, 1.165) is 5.56 Å². The number of ketones is 1. The van der Waals surface area contributed by atoms with E-state index >= 15 is 0 Å². The van der Waals surface area contributed by atoms with Crippen molar-refractivity contribution in [3.8, 4) is 11.1 Å². The molecular formula is C23H23FN4O2. The summed E-state index contributed by atoms with van der Waals surface area (Å²) >= 11 is 0. The minimum Gasteiger partial charge on any atom is -0.383 e. The Morgan fingerprint density at radius 1 is 1.13 bits per heavy atom. The number of nitrogens with two attached hydrogens (primary N) is 1. The Morgan fingerprint density at radius 3 is 2.57 bits per heavy atom. The van der Waals surface area contributed by atoms with E-state index in [9.17, 15) is 14.0 Å². The smallest absolute Gasteiger partial charge is 0.226 e. The largest absolute Gasteiger partial charge is 0.383 e. The quantitative estimate of drug-likeness (QED) is 0.598.